The van der Waals surface area contributed by atoms with Crippen molar-refractivity contribution in [3.05, 3.63) is 80.8 Å². The van der Waals surface area contributed by atoms with Gasteiger partial charge in [-0.1, -0.05) is 49.2 Å². The van der Waals surface area contributed by atoms with Crippen LogP contribution in [-0.2, 0) is 12.8 Å². The topological polar surface area (TPSA) is 86.5 Å². The van der Waals surface area contributed by atoms with Gasteiger partial charge in [-0.05, 0) is 25.5 Å². The highest BCUT2D eigenvalue weighted by atomic mass is 32.1. The van der Waals surface area contributed by atoms with Gasteiger partial charge in [0.2, 0.25) is 5.88 Å². The van der Waals surface area contributed by atoms with Crippen LogP contribution in [0.15, 0.2) is 52.6 Å². The van der Waals surface area contributed by atoms with Crippen LogP contribution in [0.2, 0.25) is 0 Å². The number of unbranched alkanes of at least 4 members (excludes halogenated alkanes) is 1. The zero-order valence-corrected chi connectivity index (χ0v) is 21.2. The molecule has 0 spiro atoms. The quantitative estimate of drug-likeness (QED) is 0.341. The lowest BCUT2D eigenvalue weighted by atomic mass is 10.1. The third-order valence-corrected chi connectivity index (χ3v) is 6.75. The molecule has 0 saturated heterocycles. The van der Waals surface area contributed by atoms with Gasteiger partial charge in [-0.3, -0.25) is 9.36 Å². The number of methoxy groups -OCH3 is 2. The van der Waals surface area contributed by atoms with Crippen LogP contribution in [0, 0.1) is 6.92 Å². The second-order valence-electron chi connectivity index (χ2n) is 8.27. The van der Waals surface area contributed by atoms with Crippen LogP contribution in [0.4, 0.5) is 0 Å². The van der Waals surface area contributed by atoms with Crippen molar-refractivity contribution in [1.82, 2.24) is 14.5 Å². The lowest BCUT2D eigenvalue weighted by Crippen LogP contribution is -2.28. The number of rotatable bonds is 9. The zero-order valence-electron chi connectivity index (χ0n) is 20.4. The van der Waals surface area contributed by atoms with Crippen LogP contribution in [-0.4, -0.2) is 33.9 Å². The van der Waals surface area contributed by atoms with Crippen LogP contribution >= 0.6 is 11.3 Å². The number of aromatic nitrogens is 3. The summed E-state index contributed by atoms with van der Waals surface area (Å²) in [4.78, 5) is 23.0. The summed E-state index contributed by atoms with van der Waals surface area (Å²) in [7, 11) is 3.09. The summed E-state index contributed by atoms with van der Waals surface area (Å²) in [6, 6.07) is 13.5. The molecule has 0 aliphatic heterocycles. The summed E-state index contributed by atoms with van der Waals surface area (Å²) in [6.45, 7) is 4.10. The van der Waals surface area contributed by atoms with E-state index in [4.69, 9.17) is 14.5 Å². The first kappa shape index (κ1) is 24.5. The molecule has 35 heavy (non-hydrogen) atoms. The zero-order chi connectivity index (χ0) is 24.9. The van der Waals surface area contributed by atoms with Crippen molar-refractivity contribution in [3.63, 3.8) is 0 Å². The monoisotopic (exact) mass is 491 g/mol. The van der Waals surface area contributed by atoms with Gasteiger partial charge in [0.15, 0.2) is 0 Å². The standard InChI is InChI=1S/C27H29N3O4S/c1-5-6-10-23-29-25(31)20(15-19-16-35-26(28-19)18-13-11-17(2)12-14-18)27(32)30(23)24-21(33-3)8-7-9-22(24)34-4/h7-9,11-14,16,31H,5-6,10,15H2,1-4H3. The molecule has 2 aromatic carbocycles. The molecule has 0 aliphatic rings. The van der Waals surface area contributed by atoms with Crippen LogP contribution in [0.5, 0.6) is 17.4 Å². The maximum Gasteiger partial charge on any atom is 0.265 e. The second-order valence-corrected chi connectivity index (χ2v) is 9.13. The van der Waals surface area contributed by atoms with Crippen molar-refractivity contribution in [3.8, 4) is 33.6 Å². The molecular weight excluding hydrogens is 462 g/mol. The van der Waals surface area contributed by atoms with Crippen LogP contribution < -0.4 is 15.0 Å². The first-order valence-corrected chi connectivity index (χ1v) is 12.4. The fourth-order valence-corrected chi connectivity index (χ4v) is 4.75. The van der Waals surface area contributed by atoms with Gasteiger partial charge in [0, 0.05) is 23.8 Å². The largest absolute Gasteiger partial charge is 0.494 e. The third-order valence-electron chi connectivity index (χ3n) is 5.81. The lowest BCUT2D eigenvalue weighted by Gasteiger charge is -2.19. The highest BCUT2D eigenvalue weighted by Gasteiger charge is 2.23. The van der Waals surface area contributed by atoms with Gasteiger partial charge >= 0.3 is 0 Å². The van der Waals surface area contributed by atoms with Crippen molar-refractivity contribution in [2.45, 2.75) is 39.5 Å². The van der Waals surface area contributed by atoms with E-state index >= 15 is 0 Å². The molecule has 8 heteroatoms. The third kappa shape index (κ3) is 5.07. The average Bonchev–Trinajstić information content (AvgIpc) is 3.34. The molecule has 0 aliphatic carbocycles. The van der Waals surface area contributed by atoms with Crippen molar-refractivity contribution in [1.29, 1.82) is 0 Å². The molecular formula is C27H29N3O4S. The van der Waals surface area contributed by atoms with E-state index < -0.39 is 0 Å². The van der Waals surface area contributed by atoms with E-state index in [1.165, 1.54) is 21.5 Å². The van der Waals surface area contributed by atoms with Crippen molar-refractivity contribution in [2.75, 3.05) is 14.2 Å². The molecule has 2 heterocycles. The molecule has 0 atom stereocenters. The number of hydrogen-bond donors (Lipinski definition) is 1. The smallest absolute Gasteiger partial charge is 0.265 e. The summed E-state index contributed by atoms with van der Waals surface area (Å²) in [5.41, 5.74) is 3.17. The summed E-state index contributed by atoms with van der Waals surface area (Å²) < 4.78 is 12.6. The Bertz CT molecular complexity index is 1350. The molecule has 0 radical (unpaired) electrons. The highest BCUT2D eigenvalue weighted by Crippen LogP contribution is 2.33. The minimum absolute atomic E-state index is 0.158. The minimum Gasteiger partial charge on any atom is -0.494 e. The first-order chi connectivity index (χ1) is 17.0. The fourth-order valence-electron chi connectivity index (χ4n) is 3.93. The average molecular weight is 492 g/mol. The fraction of sp³-hybridized carbons (Fsp3) is 0.296. The molecule has 0 unspecified atom stereocenters. The molecule has 4 aromatic rings. The van der Waals surface area contributed by atoms with Crippen molar-refractivity contribution >= 4 is 11.3 Å². The van der Waals surface area contributed by atoms with Gasteiger partial charge in [0.25, 0.3) is 5.56 Å². The summed E-state index contributed by atoms with van der Waals surface area (Å²) in [5.74, 6) is 1.16. The predicted molar refractivity (Wildman–Crippen MR) is 138 cm³/mol. The molecule has 182 valence electrons. The molecule has 7 nitrogen and oxygen atoms in total. The second kappa shape index (κ2) is 10.7. The number of benzene rings is 2. The van der Waals surface area contributed by atoms with Gasteiger partial charge in [-0.25, -0.2) is 4.98 Å². The maximum absolute atomic E-state index is 13.9. The summed E-state index contributed by atoms with van der Waals surface area (Å²) in [6.07, 6.45) is 2.41. The lowest BCUT2D eigenvalue weighted by molar-refractivity contribution is 0.387. The highest BCUT2D eigenvalue weighted by molar-refractivity contribution is 7.13. The minimum atomic E-state index is -0.365. The van der Waals surface area contributed by atoms with E-state index in [-0.39, 0.29) is 23.4 Å². The molecule has 4 rings (SSSR count). The Labute approximate surface area is 208 Å². The number of thiazole rings is 1. The number of hydrogen-bond acceptors (Lipinski definition) is 7. The van der Waals surface area contributed by atoms with E-state index in [1.807, 2.05) is 36.6 Å². The van der Waals surface area contributed by atoms with Gasteiger partial charge in [-0.15, -0.1) is 11.3 Å². The molecule has 0 bridgehead atoms. The van der Waals surface area contributed by atoms with Gasteiger partial charge < -0.3 is 14.6 Å². The first-order valence-electron chi connectivity index (χ1n) is 11.5. The van der Waals surface area contributed by atoms with Crippen LogP contribution in [0.25, 0.3) is 16.3 Å². The van der Waals surface area contributed by atoms with Crippen LogP contribution in [0.3, 0.4) is 0 Å². The molecule has 0 fully saturated rings. The Morgan fingerprint density at radius 1 is 1.03 bits per heavy atom. The van der Waals surface area contributed by atoms with E-state index in [9.17, 15) is 9.90 Å². The SMILES string of the molecule is CCCCc1nc(O)c(Cc2csc(-c3ccc(C)cc3)n2)c(=O)n1-c1c(OC)cccc1OC. The number of nitrogens with zero attached hydrogens (tertiary/aromatic N) is 3. The molecule has 0 saturated carbocycles. The van der Waals surface area contributed by atoms with E-state index in [1.54, 1.807) is 32.4 Å². The van der Waals surface area contributed by atoms with Gasteiger partial charge in [0.1, 0.15) is 28.0 Å². The van der Waals surface area contributed by atoms with Crippen LogP contribution in [0.1, 0.15) is 42.4 Å². The van der Waals surface area contributed by atoms with E-state index in [0.717, 1.165) is 23.4 Å². The number of aromatic hydroxyl groups is 1. The van der Waals surface area contributed by atoms with Crippen molar-refractivity contribution in [2.24, 2.45) is 0 Å². The maximum atomic E-state index is 13.9. The summed E-state index contributed by atoms with van der Waals surface area (Å²) >= 11 is 1.50. The number of para-hydroxylation sites is 1. The summed E-state index contributed by atoms with van der Waals surface area (Å²) in [5, 5.41) is 13.6. The Hall–Kier alpha value is -3.65. The Kier molecular flexibility index (Phi) is 7.51. The Balaban J connectivity index is 1.82. The Morgan fingerprint density at radius 2 is 1.71 bits per heavy atom. The van der Waals surface area contributed by atoms with E-state index in [2.05, 4.69) is 11.9 Å². The molecule has 2 aromatic heterocycles. The molecule has 0 amide bonds. The molecule has 1 N–H and O–H groups in total. The van der Waals surface area contributed by atoms with E-state index in [0.29, 0.717) is 35.1 Å². The normalized spacial score (nSPS) is 11.0. The Morgan fingerprint density at radius 3 is 2.34 bits per heavy atom. The number of aryl methyl sites for hydroxylation is 2. The number of ether oxygens (including phenoxy) is 2. The van der Waals surface area contributed by atoms with Gasteiger partial charge in [-0.2, -0.15) is 4.98 Å². The van der Waals surface area contributed by atoms with Crippen molar-refractivity contribution < 1.29 is 14.6 Å². The predicted octanol–water partition coefficient (Wildman–Crippen LogP) is 5.32. The van der Waals surface area contributed by atoms with Gasteiger partial charge in [0.05, 0.1) is 25.5 Å².